The second-order valence-electron chi connectivity index (χ2n) is 4.29. The van der Waals surface area contributed by atoms with Gasteiger partial charge in [-0.3, -0.25) is 0 Å². The van der Waals surface area contributed by atoms with Gasteiger partial charge in [0, 0.05) is 6.61 Å². The lowest BCUT2D eigenvalue weighted by molar-refractivity contribution is 0.0690. The Morgan fingerprint density at radius 1 is 1.39 bits per heavy atom. The van der Waals surface area contributed by atoms with E-state index >= 15 is 0 Å². The number of hydrogen-bond donors (Lipinski definition) is 1. The fourth-order valence-electron chi connectivity index (χ4n) is 2.06. The Labute approximate surface area is 103 Å². The van der Waals surface area contributed by atoms with Crippen LogP contribution in [0.15, 0.2) is 16.5 Å². The number of fused-ring (bicyclic) bond motifs is 1. The third-order valence-corrected chi connectivity index (χ3v) is 3.00. The number of oxazole rings is 1. The number of carboxylic acid groups (broad SMARTS) is 1. The number of aromatic carboxylic acids is 1. The molecule has 0 amide bonds. The van der Waals surface area contributed by atoms with E-state index in [0.29, 0.717) is 23.7 Å². The van der Waals surface area contributed by atoms with Gasteiger partial charge in [0.05, 0.1) is 12.5 Å². The fourth-order valence-corrected chi connectivity index (χ4v) is 2.06. The minimum Gasteiger partial charge on any atom is -0.477 e. The number of rotatable bonds is 2. The third-order valence-electron chi connectivity index (χ3n) is 3.00. The van der Waals surface area contributed by atoms with Crippen LogP contribution in [0.5, 0.6) is 0 Å². The number of pyridine rings is 1. The van der Waals surface area contributed by atoms with Crippen LogP contribution in [-0.4, -0.2) is 34.3 Å². The number of aromatic nitrogens is 2. The minimum absolute atomic E-state index is 0.0257. The predicted octanol–water partition coefficient (Wildman–Crippen LogP) is 1.81. The van der Waals surface area contributed by atoms with Gasteiger partial charge in [0.25, 0.3) is 0 Å². The molecule has 1 fully saturated rings. The average Bonchev–Trinajstić information content (AvgIpc) is 2.82. The lowest BCUT2D eigenvalue weighted by Gasteiger charge is -2.18. The highest BCUT2D eigenvalue weighted by Gasteiger charge is 2.22. The van der Waals surface area contributed by atoms with E-state index in [9.17, 15) is 4.79 Å². The van der Waals surface area contributed by atoms with Crippen molar-refractivity contribution in [2.75, 3.05) is 13.2 Å². The number of nitrogens with zero attached hydrogens (tertiary/aromatic N) is 2. The second-order valence-corrected chi connectivity index (χ2v) is 4.29. The van der Waals surface area contributed by atoms with Crippen molar-refractivity contribution in [3.05, 3.63) is 23.7 Å². The first-order chi connectivity index (χ1) is 8.74. The molecular weight excluding hydrogens is 236 g/mol. The van der Waals surface area contributed by atoms with Crippen LogP contribution in [0.1, 0.15) is 35.1 Å². The summed E-state index contributed by atoms with van der Waals surface area (Å²) in [5.41, 5.74) is 0.832. The van der Waals surface area contributed by atoms with Gasteiger partial charge in [0.1, 0.15) is 0 Å². The van der Waals surface area contributed by atoms with Gasteiger partial charge in [-0.2, -0.15) is 4.98 Å². The fraction of sp³-hybridized carbons (Fsp3) is 0.417. The highest BCUT2D eigenvalue weighted by molar-refractivity contribution is 5.87. The predicted molar refractivity (Wildman–Crippen MR) is 61.6 cm³/mol. The number of hydrogen-bond acceptors (Lipinski definition) is 5. The zero-order valence-electron chi connectivity index (χ0n) is 9.63. The molecule has 2 aromatic heterocycles. The minimum atomic E-state index is -1.07. The van der Waals surface area contributed by atoms with Gasteiger partial charge in [0.2, 0.25) is 5.89 Å². The van der Waals surface area contributed by atoms with Gasteiger partial charge < -0.3 is 14.3 Å². The number of carbonyl (C=O) groups is 1. The van der Waals surface area contributed by atoms with E-state index in [-0.39, 0.29) is 11.6 Å². The molecule has 18 heavy (non-hydrogen) atoms. The van der Waals surface area contributed by atoms with Gasteiger partial charge in [0.15, 0.2) is 16.9 Å². The maximum absolute atomic E-state index is 10.8. The van der Waals surface area contributed by atoms with Crippen molar-refractivity contribution in [3.63, 3.8) is 0 Å². The van der Waals surface area contributed by atoms with Crippen LogP contribution in [0.25, 0.3) is 11.2 Å². The Morgan fingerprint density at radius 3 is 3.00 bits per heavy atom. The van der Waals surface area contributed by atoms with Crippen molar-refractivity contribution >= 4 is 17.2 Å². The highest BCUT2D eigenvalue weighted by atomic mass is 16.5. The summed E-state index contributed by atoms with van der Waals surface area (Å²) < 4.78 is 11.0. The second kappa shape index (κ2) is 4.38. The van der Waals surface area contributed by atoms with E-state index in [4.69, 9.17) is 14.3 Å². The van der Waals surface area contributed by atoms with E-state index < -0.39 is 5.97 Å². The molecule has 1 unspecified atom stereocenters. The molecule has 1 aliphatic heterocycles. The zero-order chi connectivity index (χ0) is 12.5. The molecule has 0 bridgehead atoms. The molecule has 3 heterocycles. The lowest BCUT2D eigenvalue weighted by Crippen LogP contribution is -2.15. The molecule has 2 aromatic rings. The molecule has 94 valence electrons. The molecule has 6 heteroatoms. The van der Waals surface area contributed by atoms with Gasteiger partial charge in [-0.25, -0.2) is 9.78 Å². The maximum atomic E-state index is 10.8. The van der Waals surface area contributed by atoms with Gasteiger partial charge >= 0.3 is 5.97 Å². The Kier molecular flexibility index (Phi) is 2.71. The molecule has 1 N–H and O–H groups in total. The van der Waals surface area contributed by atoms with Gasteiger partial charge in [-0.1, -0.05) is 0 Å². The molecular formula is C12H12N2O4. The molecule has 3 rings (SSSR count). The highest BCUT2D eigenvalue weighted by Crippen LogP contribution is 2.27. The van der Waals surface area contributed by atoms with Crippen molar-refractivity contribution in [3.8, 4) is 0 Å². The number of carboxylic acids is 1. The molecule has 0 saturated carbocycles. The SMILES string of the molecule is O=C(O)c1ccc2oc(C3CCCOC3)nc2n1. The zero-order valence-corrected chi connectivity index (χ0v) is 9.63. The standard InChI is InChI=1S/C12H12N2O4/c15-12(16)8-3-4-9-10(13-8)14-11(18-9)7-2-1-5-17-6-7/h3-4,7H,1-2,5-6H2,(H,15,16). The first-order valence-electron chi connectivity index (χ1n) is 5.82. The maximum Gasteiger partial charge on any atom is 0.354 e. The number of ether oxygens (including phenoxy) is 1. The summed E-state index contributed by atoms with van der Waals surface area (Å²) in [4.78, 5) is 19.0. The molecule has 0 aromatic carbocycles. The Balaban J connectivity index is 1.97. The van der Waals surface area contributed by atoms with E-state index in [1.807, 2.05) is 0 Å². The summed E-state index contributed by atoms with van der Waals surface area (Å²) in [5.74, 6) is -0.344. The van der Waals surface area contributed by atoms with Crippen molar-refractivity contribution in [2.45, 2.75) is 18.8 Å². The topological polar surface area (TPSA) is 85.5 Å². The monoisotopic (exact) mass is 248 g/mol. The Bertz CT molecular complexity index is 587. The third kappa shape index (κ3) is 1.95. The summed E-state index contributed by atoms with van der Waals surface area (Å²) in [6, 6.07) is 3.00. The molecule has 0 spiro atoms. The van der Waals surface area contributed by atoms with Crippen molar-refractivity contribution in [1.82, 2.24) is 9.97 Å². The molecule has 1 saturated heterocycles. The summed E-state index contributed by atoms with van der Waals surface area (Å²) in [6.45, 7) is 1.37. The van der Waals surface area contributed by atoms with E-state index in [1.54, 1.807) is 6.07 Å². The molecule has 0 aliphatic carbocycles. The first-order valence-corrected chi connectivity index (χ1v) is 5.82. The smallest absolute Gasteiger partial charge is 0.354 e. The summed E-state index contributed by atoms with van der Waals surface area (Å²) in [6.07, 6.45) is 1.95. The Morgan fingerprint density at radius 2 is 2.28 bits per heavy atom. The van der Waals surface area contributed by atoms with Crippen LogP contribution in [0, 0.1) is 0 Å². The average molecular weight is 248 g/mol. The summed E-state index contributed by atoms with van der Waals surface area (Å²) in [7, 11) is 0. The molecule has 1 atom stereocenters. The summed E-state index contributed by atoms with van der Waals surface area (Å²) >= 11 is 0. The van der Waals surface area contributed by atoms with Crippen molar-refractivity contribution in [2.24, 2.45) is 0 Å². The molecule has 6 nitrogen and oxygen atoms in total. The van der Waals surface area contributed by atoms with Gasteiger partial charge in [-0.15, -0.1) is 0 Å². The van der Waals surface area contributed by atoms with Crippen LogP contribution >= 0.6 is 0 Å². The van der Waals surface area contributed by atoms with E-state index in [1.165, 1.54) is 6.07 Å². The van der Waals surface area contributed by atoms with Crippen LogP contribution in [-0.2, 0) is 4.74 Å². The van der Waals surface area contributed by atoms with Crippen LogP contribution < -0.4 is 0 Å². The quantitative estimate of drug-likeness (QED) is 0.872. The van der Waals surface area contributed by atoms with Crippen LogP contribution in [0.4, 0.5) is 0 Å². The summed E-state index contributed by atoms with van der Waals surface area (Å²) in [5, 5.41) is 8.86. The van der Waals surface area contributed by atoms with Gasteiger partial charge in [-0.05, 0) is 25.0 Å². The molecule has 0 radical (unpaired) electrons. The van der Waals surface area contributed by atoms with Crippen LogP contribution in [0.2, 0.25) is 0 Å². The van der Waals surface area contributed by atoms with Crippen molar-refractivity contribution < 1.29 is 19.1 Å². The normalized spacial score (nSPS) is 20.1. The largest absolute Gasteiger partial charge is 0.477 e. The van der Waals surface area contributed by atoms with E-state index in [2.05, 4.69) is 9.97 Å². The molecule has 1 aliphatic rings. The van der Waals surface area contributed by atoms with Crippen LogP contribution in [0.3, 0.4) is 0 Å². The lowest BCUT2D eigenvalue weighted by atomic mass is 10.0. The first kappa shape index (κ1) is 11.2. The van der Waals surface area contributed by atoms with Crippen molar-refractivity contribution in [1.29, 1.82) is 0 Å². The van der Waals surface area contributed by atoms with E-state index in [0.717, 1.165) is 19.4 Å². The Hall–Kier alpha value is -1.95.